The lowest BCUT2D eigenvalue weighted by atomic mass is 10.2. The fraction of sp³-hybridized carbons (Fsp3) is 0.545. The van der Waals surface area contributed by atoms with E-state index >= 15 is 0 Å². The Morgan fingerprint density at radius 2 is 2.57 bits per heavy atom. The molecule has 2 aliphatic carbocycles. The minimum atomic E-state index is -0.223. The van der Waals surface area contributed by atoms with Crippen molar-refractivity contribution in [3.05, 3.63) is 23.0 Å². The van der Waals surface area contributed by atoms with Crippen LogP contribution in [0.1, 0.15) is 41.0 Å². The molecule has 0 saturated heterocycles. The van der Waals surface area contributed by atoms with E-state index in [0.29, 0.717) is 12.3 Å². The predicted molar refractivity (Wildman–Crippen MR) is 51.3 cm³/mol. The van der Waals surface area contributed by atoms with Crippen molar-refractivity contribution in [3.63, 3.8) is 0 Å². The molecule has 1 fully saturated rings. The quantitative estimate of drug-likeness (QED) is 0.725. The normalized spacial score (nSPS) is 26.9. The number of hydrogen-bond acceptors (Lipinski definition) is 2. The van der Waals surface area contributed by atoms with Crippen molar-refractivity contribution < 1.29 is 9.53 Å². The number of fused-ring (bicyclic) bond motifs is 3. The summed E-state index contributed by atoms with van der Waals surface area (Å²) < 4.78 is 4.94. The maximum atomic E-state index is 11.4. The summed E-state index contributed by atoms with van der Waals surface area (Å²) in [7, 11) is 0. The summed E-state index contributed by atoms with van der Waals surface area (Å²) in [6.07, 6.45) is 2.44. The van der Waals surface area contributed by atoms with Crippen LogP contribution in [0.2, 0.25) is 0 Å². The fourth-order valence-electron chi connectivity index (χ4n) is 2.45. The molecule has 0 unspecified atom stereocenters. The van der Waals surface area contributed by atoms with Gasteiger partial charge < -0.3 is 9.72 Å². The van der Waals surface area contributed by atoms with E-state index < -0.39 is 0 Å². The lowest BCUT2D eigenvalue weighted by Gasteiger charge is -1.98. The van der Waals surface area contributed by atoms with E-state index in [1.165, 1.54) is 17.7 Å². The van der Waals surface area contributed by atoms with Crippen LogP contribution in [-0.4, -0.2) is 17.6 Å². The third-order valence-corrected chi connectivity index (χ3v) is 3.22. The first-order valence-electron chi connectivity index (χ1n) is 5.18. The second-order valence-electron chi connectivity index (χ2n) is 4.14. The van der Waals surface area contributed by atoms with Gasteiger partial charge in [-0.2, -0.15) is 0 Å². The number of hydrogen-bond donors (Lipinski definition) is 1. The van der Waals surface area contributed by atoms with Gasteiger partial charge in [-0.25, -0.2) is 4.79 Å². The molecule has 1 heterocycles. The van der Waals surface area contributed by atoms with Crippen molar-refractivity contribution in [2.24, 2.45) is 5.92 Å². The van der Waals surface area contributed by atoms with E-state index in [1.807, 2.05) is 13.0 Å². The first-order valence-corrected chi connectivity index (χ1v) is 5.18. The van der Waals surface area contributed by atoms with Crippen molar-refractivity contribution in [1.29, 1.82) is 0 Å². The summed E-state index contributed by atoms with van der Waals surface area (Å²) in [4.78, 5) is 14.6. The van der Waals surface area contributed by atoms with Gasteiger partial charge in [0.2, 0.25) is 0 Å². The van der Waals surface area contributed by atoms with Gasteiger partial charge in [-0.3, -0.25) is 0 Å². The summed E-state index contributed by atoms with van der Waals surface area (Å²) in [5.41, 5.74) is 3.24. The fourth-order valence-corrected chi connectivity index (χ4v) is 2.45. The molecule has 74 valence electrons. The average Bonchev–Trinajstić information content (AvgIpc) is 2.67. The summed E-state index contributed by atoms with van der Waals surface area (Å²) >= 11 is 0. The molecule has 0 amide bonds. The van der Waals surface area contributed by atoms with Crippen LogP contribution in [0.25, 0.3) is 0 Å². The molecule has 0 spiro atoms. The van der Waals surface area contributed by atoms with Crippen molar-refractivity contribution in [2.75, 3.05) is 6.61 Å². The Labute approximate surface area is 82.5 Å². The molecule has 3 nitrogen and oxygen atoms in total. The van der Waals surface area contributed by atoms with E-state index in [-0.39, 0.29) is 5.97 Å². The van der Waals surface area contributed by atoms with E-state index in [1.54, 1.807) is 0 Å². The molecule has 0 bridgehead atoms. The van der Waals surface area contributed by atoms with Crippen LogP contribution >= 0.6 is 0 Å². The van der Waals surface area contributed by atoms with Crippen LogP contribution in [0.5, 0.6) is 0 Å². The summed E-state index contributed by atoms with van der Waals surface area (Å²) in [6.45, 7) is 2.26. The zero-order valence-corrected chi connectivity index (χ0v) is 8.17. The molecule has 3 rings (SSSR count). The highest BCUT2D eigenvalue weighted by Crippen LogP contribution is 2.56. The minimum absolute atomic E-state index is 0.223. The van der Waals surface area contributed by atoms with Gasteiger partial charge in [-0.15, -0.1) is 0 Å². The SMILES string of the molecule is CCOC(=O)c1cc2c([nH]1)C[C@@H]1C[C@H]21. The van der Waals surface area contributed by atoms with Gasteiger partial charge in [0.15, 0.2) is 0 Å². The Kier molecular flexibility index (Phi) is 1.52. The van der Waals surface area contributed by atoms with Gasteiger partial charge >= 0.3 is 5.97 Å². The molecule has 14 heavy (non-hydrogen) atoms. The van der Waals surface area contributed by atoms with E-state index in [9.17, 15) is 4.79 Å². The second kappa shape index (κ2) is 2.62. The van der Waals surface area contributed by atoms with Crippen LogP contribution in [0.3, 0.4) is 0 Å². The number of aromatic nitrogens is 1. The molecule has 1 saturated carbocycles. The zero-order chi connectivity index (χ0) is 9.71. The highest BCUT2D eigenvalue weighted by Gasteiger charge is 2.46. The van der Waals surface area contributed by atoms with Crippen LogP contribution in [0.15, 0.2) is 6.07 Å². The molecular formula is C11H13NO2. The number of aromatic amines is 1. The molecule has 1 N–H and O–H groups in total. The smallest absolute Gasteiger partial charge is 0.354 e. The average molecular weight is 191 g/mol. The van der Waals surface area contributed by atoms with Gasteiger partial charge in [0, 0.05) is 5.69 Å². The van der Waals surface area contributed by atoms with Gasteiger partial charge in [0.25, 0.3) is 0 Å². The maximum absolute atomic E-state index is 11.4. The number of ether oxygens (including phenoxy) is 1. The van der Waals surface area contributed by atoms with Crippen LogP contribution in [-0.2, 0) is 11.2 Å². The number of rotatable bonds is 2. The van der Waals surface area contributed by atoms with E-state index in [4.69, 9.17) is 4.74 Å². The number of carbonyl (C=O) groups is 1. The van der Waals surface area contributed by atoms with Crippen LogP contribution in [0.4, 0.5) is 0 Å². The molecule has 2 aliphatic rings. The molecule has 1 aromatic heterocycles. The van der Waals surface area contributed by atoms with Crippen LogP contribution in [0, 0.1) is 5.92 Å². The number of nitrogens with one attached hydrogen (secondary N) is 1. The Balaban J connectivity index is 1.87. The molecule has 1 aromatic rings. The monoisotopic (exact) mass is 191 g/mol. The van der Waals surface area contributed by atoms with Crippen molar-refractivity contribution in [3.8, 4) is 0 Å². The topological polar surface area (TPSA) is 42.1 Å². The Morgan fingerprint density at radius 1 is 1.71 bits per heavy atom. The standard InChI is InChI=1S/C11H13NO2/c1-2-14-11(13)10-5-8-7-3-6(7)4-9(8)12-10/h5-7,12H,2-4H2,1H3/t6-,7-/m0/s1. The zero-order valence-electron chi connectivity index (χ0n) is 8.17. The predicted octanol–water partition coefficient (Wildman–Crippen LogP) is 1.85. The van der Waals surface area contributed by atoms with Gasteiger partial charge in [0.1, 0.15) is 5.69 Å². The molecule has 0 radical (unpaired) electrons. The Bertz CT molecular complexity index is 394. The highest BCUT2D eigenvalue weighted by molar-refractivity contribution is 5.88. The van der Waals surface area contributed by atoms with E-state index in [2.05, 4.69) is 4.98 Å². The van der Waals surface area contributed by atoms with E-state index in [0.717, 1.165) is 18.3 Å². The van der Waals surface area contributed by atoms with Gasteiger partial charge in [0.05, 0.1) is 6.61 Å². The third-order valence-electron chi connectivity index (χ3n) is 3.22. The lowest BCUT2D eigenvalue weighted by molar-refractivity contribution is 0.0520. The Morgan fingerprint density at radius 3 is 3.29 bits per heavy atom. The molecule has 0 aliphatic heterocycles. The minimum Gasteiger partial charge on any atom is -0.461 e. The molecular weight excluding hydrogens is 178 g/mol. The summed E-state index contributed by atoms with van der Waals surface area (Å²) in [5, 5.41) is 0. The summed E-state index contributed by atoms with van der Waals surface area (Å²) in [5.74, 6) is 1.39. The second-order valence-corrected chi connectivity index (χ2v) is 4.14. The number of esters is 1. The van der Waals surface area contributed by atoms with Crippen molar-refractivity contribution in [2.45, 2.75) is 25.7 Å². The first-order chi connectivity index (χ1) is 6.79. The number of H-pyrrole nitrogens is 1. The molecule has 2 atom stereocenters. The summed E-state index contributed by atoms with van der Waals surface area (Å²) in [6, 6.07) is 1.98. The Hall–Kier alpha value is -1.25. The third kappa shape index (κ3) is 1.01. The largest absolute Gasteiger partial charge is 0.461 e. The molecule has 3 heteroatoms. The first kappa shape index (κ1) is 8.09. The molecule has 0 aromatic carbocycles. The highest BCUT2D eigenvalue weighted by atomic mass is 16.5. The van der Waals surface area contributed by atoms with Gasteiger partial charge in [-0.1, -0.05) is 0 Å². The van der Waals surface area contributed by atoms with Gasteiger partial charge in [-0.05, 0) is 43.2 Å². The van der Waals surface area contributed by atoms with Crippen molar-refractivity contribution in [1.82, 2.24) is 4.98 Å². The lowest BCUT2D eigenvalue weighted by Crippen LogP contribution is -2.05. The maximum Gasteiger partial charge on any atom is 0.354 e. The van der Waals surface area contributed by atoms with Crippen LogP contribution < -0.4 is 0 Å². The number of carbonyl (C=O) groups excluding carboxylic acids is 1. The van der Waals surface area contributed by atoms with Crippen molar-refractivity contribution >= 4 is 5.97 Å².